The second kappa shape index (κ2) is 14.0. The van der Waals surface area contributed by atoms with Gasteiger partial charge in [0, 0.05) is 19.6 Å². The van der Waals surface area contributed by atoms with Gasteiger partial charge in [-0.15, -0.1) is 24.0 Å². The number of guanidine groups is 1. The van der Waals surface area contributed by atoms with Gasteiger partial charge in [0.15, 0.2) is 5.96 Å². The van der Waals surface area contributed by atoms with E-state index in [1.807, 2.05) is 31.2 Å². The van der Waals surface area contributed by atoms with Crippen molar-refractivity contribution in [3.05, 3.63) is 29.8 Å². The Kier molecular flexibility index (Phi) is 13.5. The summed E-state index contributed by atoms with van der Waals surface area (Å²) < 4.78 is 30.3. The second-order valence-corrected chi connectivity index (χ2v) is 8.75. The van der Waals surface area contributed by atoms with E-state index in [1.54, 1.807) is 0 Å². The topological polar surface area (TPSA) is 91.8 Å². The molecule has 0 heterocycles. The highest BCUT2D eigenvalue weighted by molar-refractivity contribution is 14.0. The van der Waals surface area contributed by atoms with E-state index < -0.39 is 10.0 Å². The zero-order valence-corrected chi connectivity index (χ0v) is 20.6. The quantitative estimate of drug-likeness (QED) is 0.179. The lowest BCUT2D eigenvalue weighted by Gasteiger charge is -2.18. The van der Waals surface area contributed by atoms with Gasteiger partial charge in [0.2, 0.25) is 10.0 Å². The molecule has 0 amide bonds. The Morgan fingerprint density at radius 1 is 1.18 bits per heavy atom. The molecule has 0 aliphatic rings. The lowest BCUT2D eigenvalue weighted by molar-refractivity contribution is 0.271. The highest BCUT2D eigenvalue weighted by Crippen LogP contribution is 2.18. The predicted molar refractivity (Wildman–Crippen MR) is 127 cm³/mol. The molecule has 0 bridgehead atoms. The molecule has 0 saturated carbocycles. The number of benzene rings is 1. The van der Waals surface area contributed by atoms with Crippen LogP contribution in [0.3, 0.4) is 0 Å². The molecule has 1 atom stereocenters. The van der Waals surface area contributed by atoms with Crippen molar-refractivity contribution in [2.75, 3.05) is 32.5 Å². The summed E-state index contributed by atoms with van der Waals surface area (Å²) in [7, 11) is -3.14. The zero-order chi connectivity index (χ0) is 20.3. The van der Waals surface area contributed by atoms with Crippen molar-refractivity contribution in [1.82, 2.24) is 15.4 Å². The molecular weight excluding hydrogens is 491 g/mol. The summed E-state index contributed by atoms with van der Waals surface area (Å²) in [6.45, 7) is 10.7. The fraction of sp³-hybridized carbons (Fsp3) is 0.632. The van der Waals surface area contributed by atoms with Gasteiger partial charge in [0.1, 0.15) is 5.75 Å². The molecule has 0 aliphatic heterocycles. The third-order valence-corrected chi connectivity index (χ3v) is 4.36. The molecular formula is C19H35IN4O3S. The Morgan fingerprint density at radius 2 is 1.82 bits per heavy atom. The first-order valence-electron chi connectivity index (χ1n) is 9.43. The third kappa shape index (κ3) is 12.4. The normalized spacial score (nSPS) is 13.0. The van der Waals surface area contributed by atoms with E-state index in [4.69, 9.17) is 4.74 Å². The number of ether oxygens (including phenoxy) is 1. The van der Waals surface area contributed by atoms with Gasteiger partial charge in [-0.3, -0.25) is 4.99 Å². The van der Waals surface area contributed by atoms with Crippen molar-refractivity contribution >= 4 is 40.0 Å². The van der Waals surface area contributed by atoms with Gasteiger partial charge in [0.05, 0.1) is 18.9 Å². The Hall–Kier alpha value is -1.07. The van der Waals surface area contributed by atoms with Crippen LogP contribution < -0.4 is 20.1 Å². The lowest BCUT2D eigenvalue weighted by Crippen LogP contribution is -2.39. The van der Waals surface area contributed by atoms with Crippen LogP contribution >= 0.6 is 24.0 Å². The van der Waals surface area contributed by atoms with Crippen molar-refractivity contribution in [3.8, 4) is 5.75 Å². The highest BCUT2D eigenvalue weighted by Gasteiger charge is 2.08. The SMILES string of the molecule is CCNC(=NCCCNS(C)(=O)=O)NC(C)c1ccc(OCC(C)C)cc1.I. The Morgan fingerprint density at radius 3 is 2.36 bits per heavy atom. The molecule has 0 saturated heterocycles. The molecule has 1 aromatic rings. The van der Waals surface area contributed by atoms with Crippen LogP contribution in [0, 0.1) is 5.92 Å². The van der Waals surface area contributed by atoms with Gasteiger partial charge in [-0.2, -0.15) is 0 Å². The molecule has 0 fully saturated rings. The maximum Gasteiger partial charge on any atom is 0.208 e. The molecule has 28 heavy (non-hydrogen) atoms. The molecule has 7 nitrogen and oxygen atoms in total. The molecule has 1 unspecified atom stereocenters. The zero-order valence-electron chi connectivity index (χ0n) is 17.5. The van der Waals surface area contributed by atoms with Gasteiger partial charge in [-0.1, -0.05) is 26.0 Å². The van der Waals surface area contributed by atoms with Gasteiger partial charge in [-0.25, -0.2) is 13.1 Å². The molecule has 1 aromatic carbocycles. The molecule has 0 aromatic heterocycles. The number of nitrogens with one attached hydrogen (secondary N) is 3. The third-order valence-electron chi connectivity index (χ3n) is 3.63. The van der Waals surface area contributed by atoms with Gasteiger partial charge < -0.3 is 15.4 Å². The highest BCUT2D eigenvalue weighted by atomic mass is 127. The summed E-state index contributed by atoms with van der Waals surface area (Å²) >= 11 is 0. The Labute approximate surface area is 187 Å². The molecule has 0 aliphatic carbocycles. The van der Waals surface area contributed by atoms with E-state index in [9.17, 15) is 8.42 Å². The fourth-order valence-electron chi connectivity index (χ4n) is 2.25. The molecule has 0 spiro atoms. The minimum Gasteiger partial charge on any atom is -0.493 e. The van der Waals surface area contributed by atoms with Crippen LogP contribution in [0.15, 0.2) is 29.3 Å². The maximum atomic E-state index is 11.1. The predicted octanol–water partition coefficient (Wildman–Crippen LogP) is 2.89. The van der Waals surface area contributed by atoms with E-state index in [0.29, 0.717) is 38.0 Å². The smallest absolute Gasteiger partial charge is 0.208 e. The van der Waals surface area contributed by atoms with E-state index in [2.05, 4.69) is 41.1 Å². The molecule has 1 rings (SSSR count). The van der Waals surface area contributed by atoms with Crippen LogP contribution in [0.25, 0.3) is 0 Å². The van der Waals surface area contributed by atoms with Crippen LogP contribution in [0.2, 0.25) is 0 Å². The first-order chi connectivity index (χ1) is 12.7. The van der Waals surface area contributed by atoms with Crippen molar-refractivity contribution in [2.24, 2.45) is 10.9 Å². The number of sulfonamides is 1. The van der Waals surface area contributed by atoms with Gasteiger partial charge in [0.25, 0.3) is 0 Å². The maximum absolute atomic E-state index is 11.1. The van der Waals surface area contributed by atoms with Crippen molar-refractivity contribution in [2.45, 2.75) is 40.2 Å². The first kappa shape index (κ1) is 26.9. The van der Waals surface area contributed by atoms with Crippen LogP contribution in [-0.2, 0) is 10.0 Å². The first-order valence-corrected chi connectivity index (χ1v) is 11.3. The monoisotopic (exact) mass is 526 g/mol. The number of aliphatic imine (C=N–C) groups is 1. The standard InChI is InChI=1S/C19H34N4O3S.HI/c1-6-20-19(21-12-7-13-22-27(5,24)25)23-16(4)17-8-10-18(11-9-17)26-14-15(2)3;/h8-11,15-16,22H,6-7,12-14H2,1-5H3,(H2,20,21,23);1H. The van der Waals surface area contributed by atoms with Gasteiger partial charge >= 0.3 is 0 Å². The lowest BCUT2D eigenvalue weighted by atomic mass is 10.1. The number of rotatable bonds is 11. The molecule has 0 radical (unpaired) electrons. The Balaban J connectivity index is 0.00000729. The van der Waals surface area contributed by atoms with Crippen LogP contribution in [0.1, 0.15) is 45.7 Å². The summed E-state index contributed by atoms with van der Waals surface area (Å²) in [5, 5.41) is 6.58. The average molecular weight is 526 g/mol. The van der Waals surface area contributed by atoms with Crippen molar-refractivity contribution in [1.29, 1.82) is 0 Å². The summed E-state index contributed by atoms with van der Waals surface area (Å²) in [5.74, 6) is 2.08. The Bertz CT molecular complexity index is 679. The number of hydrogen-bond acceptors (Lipinski definition) is 4. The number of hydrogen-bond donors (Lipinski definition) is 3. The van der Waals surface area contributed by atoms with Crippen molar-refractivity contribution in [3.63, 3.8) is 0 Å². The second-order valence-electron chi connectivity index (χ2n) is 6.92. The van der Waals surface area contributed by atoms with E-state index in [0.717, 1.165) is 24.1 Å². The molecule has 162 valence electrons. The minimum atomic E-state index is -3.14. The van der Waals surface area contributed by atoms with Gasteiger partial charge in [-0.05, 0) is 43.9 Å². The van der Waals surface area contributed by atoms with Crippen LogP contribution in [-0.4, -0.2) is 46.9 Å². The number of halogens is 1. The summed E-state index contributed by atoms with van der Waals surface area (Å²) in [5.41, 5.74) is 1.14. The summed E-state index contributed by atoms with van der Waals surface area (Å²) in [4.78, 5) is 4.50. The van der Waals surface area contributed by atoms with Crippen molar-refractivity contribution < 1.29 is 13.2 Å². The minimum absolute atomic E-state index is 0. The number of nitrogens with zero attached hydrogens (tertiary/aromatic N) is 1. The van der Waals surface area contributed by atoms with Crippen LogP contribution in [0.5, 0.6) is 5.75 Å². The average Bonchev–Trinajstić information content (AvgIpc) is 2.59. The van der Waals surface area contributed by atoms with E-state index >= 15 is 0 Å². The van der Waals surface area contributed by atoms with Crippen LogP contribution in [0.4, 0.5) is 0 Å². The largest absolute Gasteiger partial charge is 0.493 e. The summed E-state index contributed by atoms with van der Waals surface area (Å²) in [6, 6.07) is 8.14. The molecule has 9 heteroatoms. The molecule has 3 N–H and O–H groups in total. The fourth-order valence-corrected chi connectivity index (χ4v) is 2.77. The van der Waals surface area contributed by atoms with E-state index in [-0.39, 0.29) is 30.0 Å². The van der Waals surface area contributed by atoms with E-state index in [1.165, 1.54) is 0 Å². The summed E-state index contributed by atoms with van der Waals surface area (Å²) in [6.07, 6.45) is 1.79.